The van der Waals surface area contributed by atoms with E-state index in [2.05, 4.69) is 0 Å². The van der Waals surface area contributed by atoms with Crippen LogP contribution in [0.5, 0.6) is 11.5 Å². The van der Waals surface area contributed by atoms with Crippen LogP contribution in [-0.2, 0) is 4.79 Å². The number of carbonyl (C=O) groups is 2. The fraction of sp³-hybridized carbons (Fsp3) is 0.600. The van der Waals surface area contributed by atoms with Gasteiger partial charge in [0.2, 0.25) is 5.91 Å². The van der Waals surface area contributed by atoms with Gasteiger partial charge in [-0.1, -0.05) is 13.8 Å². The predicted octanol–water partition coefficient (Wildman–Crippen LogP) is 2.18. The van der Waals surface area contributed by atoms with Crippen LogP contribution in [0.1, 0.15) is 37.0 Å². The molecule has 1 aliphatic heterocycles. The van der Waals surface area contributed by atoms with E-state index in [4.69, 9.17) is 15.2 Å². The summed E-state index contributed by atoms with van der Waals surface area (Å²) in [6, 6.07) is 5.16. The number of nitrogens with zero attached hydrogens (tertiary/aromatic N) is 2. The second kappa shape index (κ2) is 10.5. The maximum atomic E-state index is 12.9. The van der Waals surface area contributed by atoms with Crippen molar-refractivity contribution in [3.05, 3.63) is 23.8 Å². The van der Waals surface area contributed by atoms with Gasteiger partial charge in [-0.3, -0.25) is 9.59 Å². The van der Waals surface area contributed by atoms with E-state index >= 15 is 0 Å². The molecule has 2 rings (SSSR count). The van der Waals surface area contributed by atoms with Crippen molar-refractivity contribution in [3.63, 3.8) is 0 Å². The standard InChI is InChI=1S/C20H31N3O4.ClH/c1-5-20(6-2,14-21)19(25)23-11-9-22(10-12-23)18(24)16-8-7-15(26-3)13-17(16)27-4;/h7-8,13H,5-6,9-12,14,21H2,1-4H3;1H. The second-order valence-corrected chi connectivity index (χ2v) is 6.84. The zero-order chi connectivity index (χ0) is 20.0. The number of benzene rings is 1. The third kappa shape index (κ3) is 4.70. The first-order chi connectivity index (χ1) is 13.0. The smallest absolute Gasteiger partial charge is 0.257 e. The van der Waals surface area contributed by atoms with Gasteiger partial charge < -0.3 is 25.0 Å². The van der Waals surface area contributed by atoms with Gasteiger partial charge in [0.25, 0.3) is 5.91 Å². The normalized spacial score (nSPS) is 14.3. The molecule has 0 aliphatic carbocycles. The average molecular weight is 414 g/mol. The molecule has 0 aromatic heterocycles. The lowest BCUT2D eigenvalue weighted by molar-refractivity contribution is -0.143. The van der Waals surface area contributed by atoms with Crippen molar-refractivity contribution in [1.29, 1.82) is 0 Å². The van der Waals surface area contributed by atoms with Crippen molar-refractivity contribution < 1.29 is 19.1 Å². The van der Waals surface area contributed by atoms with Gasteiger partial charge >= 0.3 is 0 Å². The Hall–Kier alpha value is -1.99. The minimum absolute atomic E-state index is 0. The Labute approximate surface area is 173 Å². The van der Waals surface area contributed by atoms with E-state index in [0.717, 1.165) is 12.8 Å². The Kier molecular flexibility index (Phi) is 9.04. The Bertz CT molecular complexity index is 663. The summed E-state index contributed by atoms with van der Waals surface area (Å²) in [5, 5.41) is 0. The maximum absolute atomic E-state index is 12.9. The van der Waals surface area contributed by atoms with Crippen molar-refractivity contribution >= 4 is 24.2 Å². The van der Waals surface area contributed by atoms with Crippen LogP contribution in [-0.4, -0.2) is 68.6 Å². The molecule has 28 heavy (non-hydrogen) atoms. The molecule has 0 radical (unpaired) electrons. The third-order valence-corrected chi connectivity index (χ3v) is 5.69. The molecule has 1 aromatic carbocycles. The van der Waals surface area contributed by atoms with Crippen LogP contribution in [0.2, 0.25) is 0 Å². The van der Waals surface area contributed by atoms with Crippen molar-refractivity contribution in [2.24, 2.45) is 11.1 Å². The molecule has 0 bridgehead atoms. The summed E-state index contributed by atoms with van der Waals surface area (Å²) < 4.78 is 10.5. The molecule has 0 saturated carbocycles. The molecular weight excluding hydrogens is 382 g/mol. The van der Waals surface area contributed by atoms with Gasteiger partial charge in [-0.15, -0.1) is 12.4 Å². The monoisotopic (exact) mass is 413 g/mol. The Morgan fingerprint density at radius 2 is 1.61 bits per heavy atom. The Balaban J connectivity index is 0.00000392. The van der Waals surface area contributed by atoms with E-state index in [1.165, 1.54) is 7.11 Å². The molecule has 0 spiro atoms. The van der Waals surface area contributed by atoms with Crippen LogP contribution in [0.3, 0.4) is 0 Å². The molecule has 1 fully saturated rings. The number of piperazine rings is 1. The minimum atomic E-state index is -0.495. The molecule has 0 atom stereocenters. The van der Waals surface area contributed by atoms with Crippen molar-refractivity contribution in [2.75, 3.05) is 46.9 Å². The second-order valence-electron chi connectivity index (χ2n) is 6.84. The topological polar surface area (TPSA) is 85.1 Å². The Morgan fingerprint density at radius 1 is 1.04 bits per heavy atom. The van der Waals surface area contributed by atoms with Crippen LogP contribution in [0.4, 0.5) is 0 Å². The molecule has 158 valence electrons. The van der Waals surface area contributed by atoms with Gasteiger partial charge in [0.15, 0.2) is 0 Å². The zero-order valence-corrected chi connectivity index (χ0v) is 18.0. The number of methoxy groups -OCH3 is 2. The van der Waals surface area contributed by atoms with Crippen molar-refractivity contribution in [2.45, 2.75) is 26.7 Å². The van der Waals surface area contributed by atoms with Gasteiger partial charge in [-0.2, -0.15) is 0 Å². The van der Waals surface area contributed by atoms with Gasteiger partial charge in [0.05, 0.1) is 25.2 Å². The molecule has 2 N–H and O–H groups in total. The van der Waals surface area contributed by atoms with Gasteiger partial charge in [0, 0.05) is 38.8 Å². The summed E-state index contributed by atoms with van der Waals surface area (Å²) in [5.41, 5.74) is 5.91. The van der Waals surface area contributed by atoms with Gasteiger partial charge in [-0.05, 0) is 25.0 Å². The third-order valence-electron chi connectivity index (χ3n) is 5.69. The van der Waals surface area contributed by atoms with E-state index in [1.807, 2.05) is 18.7 Å². The van der Waals surface area contributed by atoms with E-state index in [9.17, 15) is 9.59 Å². The largest absolute Gasteiger partial charge is 0.497 e. The Morgan fingerprint density at radius 3 is 2.07 bits per heavy atom. The maximum Gasteiger partial charge on any atom is 0.257 e. The fourth-order valence-electron chi connectivity index (χ4n) is 3.52. The molecule has 1 aromatic rings. The molecule has 1 heterocycles. The first kappa shape index (κ1) is 24.0. The highest BCUT2D eigenvalue weighted by Gasteiger charge is 2.38. The number of hydrogen-bond acceptors (Lipinski definition) is 5. The molecule has 0 unspecified atom stereocenters. The lowest BCUT2D eigenvalue weighted by Gasteiger charge is -2.40. The number of carbonyl (C=O) groups excluding carboxylic acids is 2. The van der Waals surface area contributed by atoms with Crippen molar-refractivity contribution in [3.8, 4) is 11.5 Å². The highest BCUT2D eigenvalue weighted by molar-refractivity contribution is 5.97. The first-order valence-corrected chi connectivity index (χ1v) is 9.47. The highest BCUT2D eigenvalue weighted by Crippen LogP contribution is 2.29. The average Bonchev–Trinajstić information content (AvgIpc) is 2.74. The molecule has 2 amide bonds. The number of amides is 2. The molecule has 7 nitrogen and oxygen atoms in total. The molecule has 8 heteroatoms. The number of hydrogen-bond donors (Lipinski definition) is 1. The van der Waals surface area contributed by atoms with Crippen LogP contribution in [0.15, 0.2) is 18.2 Å². The molecule has 1 aliphatic rings. The summed E-state index contributed by atoms with van der Waals surface area (Å²) in [4.78, 5) is 29.4. The minimum Gasteiger partial charge on any atom is -0.497 e. The molecular formula is C20H32ClN3O4. The van der Waals surface area contributed by atoms with Crippen LogP contribution in [0, 0.1) is 5.41 Å². The van der Waals surface area contributed by atoms with Crippen molar-refractivity contribution in [1.82, 2.24) is 9.80 Å². The van der Waals surface area contributed by atoms with E-state index < -0.39 is 5.41 Å². The van der Waals surface area contributed by atoms with Crippen LogP contribution in [0.25, 0.3) is 0 Å². The lowest BCUT2D eigenvalue weighted by Crippen LogP contribution is -2.55. The SMILES string of the molecule is CCC(CC)(CN)C(=O)N1CCN(C(=O)c2ccc(OC)cc2OC)CC1.Cl. The summed E-state index contributed by atoms with van der Waals surface area (Å²) in [7, 11) is 3.10. The van der Waals surface area contributed by atoms with E-state index in [0.29, 0.717) is 49.8 Å². The zero-order valence-electron chi connectivity index (χ0n) is 17.2. The summed E-state index contributed by atoms with van der Waals surface area (Å²) >= 11 is 0. The van der Waals surface area contributed by atoms with Crippen LogP contribution < -0.4 is 15.2 Å². The summed E-state index contributed by atoms with van der Waals surface area (Å²) in [6.45, 7) is 6.38. The number of nitrogens with two attached hydrogens (primary N) is 1. The lowest BCUT2D eigenvalue weighted by atomic mass is 9.81. The predicted molar refractivity (Wildman–Crippen MR) is 111 cm³/mol. The fourth-order valence-corrected chi connectivity index (χ4v) is 3.52. The van der Waals surface area contributed by atoms with Gasteiger partial charge in [0.1, 0.15) is 11.5 Å². The number of halogens is 1. The number of ether oxygens (including phenoxy) is 2. The highest BCUT2D eigenvalue weighted by atomic mass is 35.5. The van der Waals surface area contributed by atoms with Gasteiger partial charge in [-0.25, -0.2) is 0 Å². The quantitative estimate of drug-likeness (QED) is 0.740. The number of rotatable bonds is 7. The van der Waals surface area contributed by atoms with E-state index in [-0.39, 0.29) is 24.2 Å². The summed E-state index contributed by atoms with van der Waals surface area (Å²) in [6.07, 6.45) is 1.45. The summed E-state index contributed by atoms with van der Waals surface area (Å²) in [5.74, 6) is 1.12. The van der Waals surface area contributed by atoms with Crippen LogP contribution >= 0.6 is 12.4 Å². The first-order valence-electron chi connectivity index (χ1n) is 9.47. The molecule has 1 saturated heterocycles. The van der Waals surface area contributed by atoms with E-state index in [1.54, 1.807) is 30.2 Å².